The summed E-state index contributed by atoms with van der Waals surface area (Å²) in [6.45, 7) is 0. The number of fused-ring (bicyclic) bond motifs is 1. The zero-order valence-corrected chi connectivity index (χ0v) is 11.9. The van der Waals surface area contributed by atoms with Gasteiger partial charge in [0, 0.05) is 16.8 Å². The van der Waals surface area contributed by atoms with Gasteiger partial charge in [0.15, 0.2) is 0 Å². The number of carbonyl (C=O) groups is 1. The molecular weight excluding hydrogens is 284 g/mol. The number of aromatic nitrogens is 2. The van der Waals surface area contributed by atoms with Gasteiger partial charge in [-0.25, -0.2) is 14.8 Å². The van der Waals surface area contributed by atoms with Gasteiger partial charge in [0.2, 0.25) is 0 Å². The number of benzene rings is 2. The minimum atomic E-state index is -0.996. The fraction of sp³-hybridized carbons (Fsp3) is 0.0625. The van der Waals surface area contributed by atoms with Crippen molar-refractivity contribution in [1.29, 1.82) is 0 Å². The molecule has 0 aliphatic heterocycles. The SMILES string of the molecule is O=C(O)c1cncnc1CSc1ccc2ccccc2c1. The Morgan fingerprint density at radius 3 is 2.76 bits per heavy atom. The topological polar surface area (TPSA) is 63.1 Å². The van der Waals surface area contributed by atoms with Gasteiger partial charge >= 0.3 is 5.97 Å². The Hall–Kier alpha value is -2.40. The third kappa shape index (κ3) is 3.03. The summed E-state index contributed by atoms with van der Waals surface area (Å²) in [7, 11) is 0. The maximum atomic E-state index is 11.1. The first-order chi connectivity index (χ1) is 10.2. The lowest BCUT2D eigenvalue weighted by Crippen LogP contribution is -2.04. The van der Waals surface area contributed by atoms with Crippen LogP contribution < -0.4 is 0 Å². The average molecular weight is 296 g/mol. The van der Waals surface area contributed by atoms with Crippen LogP contribution in [0.4, 0.5) is 0 Å². The molecule has 0 saturated carbocycles. The van der Waals surface area contributed by atoms with Crippen molar-refractivity contribution in [2.45, 2.75) is 10.6 Å². The molecule has 5 heteroatoms. The fourth-order valence-electron chi connectivity index (χ4n) is 2.06. The lowest BCUT2D eigenvalue weighted by atomic mass is 10.1. The summed E-state index contributed by atoms with van der Waals surface area (Å²) in [5.41, 5.74) is 0.696. The second-order valence-electron chi connectivity index (χ2n) is 4.49. The molecule has 3 rings (SSSR count). The van der Waals surface area contributed by atoms with E-state index in [0.717, 1.165) is 4.90 Å². The average Bonchev–Trinajstić information content (AvgIpc) is 2.53. The molecule has 104 valence electrons. The van der Waals surface area contributed by atoms with Gasteiger partial charge in [0.1, 0.15) is 11.9 Å². The van der Waals surface area contributed by atoms with Crippen LogP contribution in [0.15, 0.2) is 59.9 Å². The quantitative estimate of drug-likeness (QED) is 0.745. The van der Waals surface area contributed by atoms with Crippen molar-refractivity contribution in [3.8, 4) is 0 Å². The van der Waals surface area contributed by atoms with Crippen LogP contribution >= 0.6 is 11.8 Å². The predicted molar refractivity (Wildman–Crippen MR) is 82.5 cm³/mol. The molecule has 0 amide bonds. The summed E-state index contributed by atoms with van der Waals surface area (Å²) in [4.78, 5) is 20.0. The van der Waals surface area contributed by atoms with Crippen LogP contribution in [0.25, 0.3) is 10.8 Å². The van der Waals surface area contributed by atoms with E-state index in [2.05, 4.69) is 34.2 Å². The Bertz CT molecular complexity index is 805. The summed E-state index contributed by atoms with van der Waals surface area (Å²) >= 11 is 1.57. The Morgan fingerprint density at radius 2 is 1.95 bits per heavy atom. The molecule has 0 radical (unpaired) electrons. The van der Waals surface area contributed by atoms with Crippen molar-refractivity contribution in [2.24, 2.45) is 0 Å². The smallest absolute Gasteiger partial charge is 0.339 e. The highest BCUT2D eigenvalue weighted by Gasteiger charge is 2.11. The molecule has 21 heavy (non-hydrogen) atoms. The molecule has 1 aromatic heterocycles. The summed E-state index contributed by atoms with van der Waals surface area (Å²) in [5, 5.41) is 11.5. The number of nitrogens with zero attached hydrogens (tertiary/aromatic N) is 2. The molecule has 1 N–H and O–H groups in total. The van der Waals surface area contributed by atoms with Gasteiger partial charge in [-0.2, -0.15) is 0 Å². The zero-order valence-electron chi connectivity index (χ0n) is 11.1. The second-order valence-corrected chi connectivity index (χ2v) is 5.53. The molecule has 0 atom stereocenters. The van der Waals surface area contributed by atoms with Gasteiger partial charge in [0.25, 0.3) is 0 Å². The van der Waals surface area contributed by atoms with Crippen molar-refractivity contribution < 1.29 is 9.90 Å². The highest BCUT2D eigenvalue weighted by Crippen LogP contribution is 2.26. The summed E-state index contributed by atoms with van der Waals surface area (Å²) in [6.07, 6.45) is 2.72. The van der Waals surface area contributed by atoms with Crippen LogP contribution in [0.5, 0.6) is 0 Å². The van der Waals surface area contributed by atoms with E-state index in [1.165, 1.54) is 23.3 Å². The molecule has 2 aromatic carbocycles. The van der Waals surface area contributed by atoms with Crippen LogP contribution in [0.1, 0.15) is 16.1 Å². The monoisotopic (exact) mass is 296 g/mol. The Labute approximate surface area is 125 Å². The second kappa shape index (κ2) is 5.93. The molecule has 0 saturated heterocycles. The van der Waals surface area contributed by atoms with Crippen LogP contribution in [0, 0.1) is 0 Å². The van der Waals surface area contributed by atoms with Gasteiger partial charge in [-0.1, -0.05) is 30.3 Å². The van der Waals surface area contributed by atoms with E-state index >= 15 is 0 Å². The van der Waals surface area contributed by atoms with E-state index in [1.807, 2.05) is 18.2 Å². The summed E-state index contributed by atoms with van der Waals surface area (Å²) < 4.78 is 0. The third-order valence-electron chi connectivity index (χ3n) is 3.12. The van der Waals surface area contributed by atoms with E-state index in [9.17, 15) is 4.79 Å². The molecule has 0 aliphatic rings. The van der Waals surface area contributed by atoms with Crippen LogP contribution in [-0.4, -0.2) is 21.0 Å². The number of hydrogen-bond donors (Lipinski definition) is 1. The zero-order chi connectivity index (χ0) is 14.7. The minimum Gasteiger partial charge on any atom is -0.478 e. The molecule has 3 aromatic rings. The maximum absolute atomic E-state index is 11.1. The molecule has 0 bridgehead atoms. The highest BCUT2D eigenvalue weighted by atomic mass is 32.2. The number of thioether (sulfide) groups is 1. The summed E-state index contributed by atoms with van der Waals surface area (Å²) in [5.74, 6) is -0.493. The van der Waals surface area contributed by atoms with Crippen molar-refractivity contribution in [3.63, 3.8) is 0 Å². The molecule has 0 unspecified atom stereocenters. The predicted octanol–water partition coefficient (Wildman–Crippen LogP) is 3.62. The largest absolute Gasteiger partial charge is 0.478 e. The van der Waals surface area contributed by atoms with Gasteiger partial charge in [-0.15, -0.1) is 11.8 Å². The van der Waals surface area contributed by atoms with E-state index in [0.29, 0.717) is 11.4 Å². The third-order valence-corrected chi connectivity index (χ3v) is 4.13. The molecule has 0 fully saturated rings. The van der Waals surface area contributed by atoms with Gasteiger partial charge in [0.05, 0.1) is 5.69 Å². The van der Waals surface area contributed by atoms with Crippen molar-refractivity contribution in [3.05, 3.63) is 66.2 Å². The van der Waals surface area contributed by atoms with Crippen molar-refractivity contribution in [2.75, 3.05) is 0 Å². The highest BCUT2D eigenvalue weighted by molar-refractivity contribution is 7.98. The first kappa shape index (κ1) is 13.6. The Kier molecular flexibility index (Phi) is 3.83. The van der Waals surface area contributed by atoms with E-state index in [1.54, 1.807) is 11.8 Å². The van der Waals surface area contributed by atoms with Crippen LogP contribution in [0.3, 0.4) is 0 Å². The first-order valence-electron chi connectivity index (χ1n) is 6.38. The molecule has 0 spiro atoms. The van der Waals surface area contributed by atoms with Crippen LogP contribution in [0.2, 0.25) is 0 Å². The first-order valence-corrected chi connectivity index (χ1v) is 7.36. The minimum absolute atomic E-state index is 0.158. The summed E-state index contributed by atoms with van der Waals surface area (Å²) in [6, 6.07) is 14.3. The Balaban J connectivity index is 1.82. The molecule has 0 aliphatic carbocycles. The fourth-order valence-corrected chi connectivity index (χ4v) is 2.97. The van der Waals surface area contributed by atoms with E-state index in [4.69, 9.17) is 5.11 Å². The van der Waals surface area contributed by atoms with Gasteiger partial charge in [-0.3, -0.25) is 0 Å². The molecular formula is C16H12N2O2S. The van der Waals surface area contributed by atoms with Crippen molar-refractivity contribution in [1.82, 2.24) is 9.97 Å². The number of hydrogen-bond acceptors (Lipinski definition) is 4. The number of rotatable bonds is 4. The normalized spacial score (nSPS) is 10.7. The van der Waals surface area contributed by atoms with Gasteiger partial charge < -0.3 is 5.11 Å². The van der Waals surface area contributed by atoms with E-state index < -0.39 is 5.97 Å². The number of carboxylic acids is 1. The lowest BCUT2D eigenvalue weighted by molar-refractivity contribution is 0.0695. The molecule has 1 heterocycles. The maximum Gasteiger partial charge on any atom is 0.339 e. The standard InChI is InChI=1S/C16H12N2O2S/c19-16(20)14-8-17-10-18-15(14)9-21-13-6-5-11-3-1-2-4-12(11)7-13/h1-8,10H,9H2,(H,19,20). The Morgan fingerprint density at radius 1 is 1.14 bits per heavy atom. The molecule has 4 nitrogen and oxygen atoms in total. The lowest BCUT2D eigenvalue weighted by Gasteiger charge is -2.05. The van der Waals surface area contributed by atoms with E-state index in [-0.39, 0.29) is 5.56 Å². The number of aromatic carboxylic acids is 1. The van der Waals surface area contributed by atoms with Crippen LogP contribution in [-0.2, 0) is 5.75 Å². The number of carboxylic acid groups (broad SMARTS) is 1. The van der Waals surface area contributed by atoms with Crippen molar-refractivity contribution >= 4 is 28.5 Å². The van der Waals surface area contributed by atoms with Gasteiger partial charge in [-0.05, 0) is 22.9 Å².